The quantitative estimate of drug-likeness (QED) is 0.650. The zero-order valence-electron chi connectivity index (χ0n) is 12.9. The van der Waals surface area contributed by atoms with Gasteiger partial charge >= 0.3 is 0 Å². The maximum absolute atomic E-state index is 11.8. The van der Waals surface area contributed by atoms with Gasteiger partial charge in [0.1, 0.15) is 6.04 Å². The first-order chi connectivity index (χ1) is 8.65. The van der Waals surface area contributed by atoms with Crippen LogP contribution in [0.1, 0.15) is 53.9 Å². The molecular formula is C14H29N3O2. The minimum Gasteiger partial charge on any atom is -0.354 e. The maximum atomic E-state index is 11.8. The summed E-state index contributed by atoms with van der Waals surface area (Å²) in [6.45, 7) is 10.6. The third-order valence-corrected chi connectivity index (χ3v) is 2.64. The van der Waals surface area contributed by atoms with E-state index in [1.807, 2.05) is 6.92 Å². The molecule has 5 heteroatoms. The average Bonchev–Trinajstić information content (AvgIpc) is 2.22. The largest absolute Gasteiger partial charge is 0.354 e. The molecule has 0 bridgehead atoms. The number of carbonyl (C=O) groups is 2. The Kier molecular flexibility index (Phi) is 7.68. The normalized spacial score (nSPS) is 14.6. The molecule has 0 aromatic rings. The van der Waals surface area contributed by atoms with Crippen molar-refractivity contribution in [1.82, 2.24) is 10.6 Å². The summed E-state index contributed by atoms with van der Waals surface area (Å²) in [6, 6.07) is -0.688. The van der Waals surface area contributed by atoms with Gasteiger partial charge in [-0.05, 0) is 25.2 Å². The fourth-order valence-electron chi connectivity index (χ4n) is 1.86. The summed E-state index contributed by atoms with van der Waals surface area (Å²) < 4.78 is 0. The van der Waals surface area contributed by atoms with Crippen LogP contribution in [0.25, 0.3) is 0 Å². The van der Waals surface area contributed by atoms with Crippen molar-refractivity contribution in [2.24, 2.45) is 11.1 Å². The summed E-state index contributed by atoms with van der Waals surface area (Å²) in [5, 5.41) is 5.42. The molecule has 0 radical (unpaired) electrons. The maximum Gasteiger partial charge on any atom is 0.242 e. The minimum absolute atomic E-state index is 0.101. The third kappa shape index (κ3) is 9.47. The van der Waals surface area contributed by atoms with Crippen molar-refractivity contribution in [2.45, 2.75) is 66.0 Å². The molecule has 4 N–H and O–H groups in total. The van der Waals surface area contributed by atoms with E-state index in [2.05, 4.69) is 31.4 Å². The van der Waals surface area contributed by atoms with Gasteiger partial charge in [0.05, 0.1) is 0 Å². The highest BCUT2D eigenvalue weighted by Gasteiger charge is 2.20. The summed E-state index contributed by atoms with van der Waals surface area (Å²) in [4.78, 5) is 23.4. The SMILES string of the molecule is CCCNC(=O)C(C)NC(=O)CC(N)CC(C)(C)C. The van der Waals surface area contributed by atoms with Crippen molar-refractivity contribution in [3.8, 4) is 0 Å². The minimum atomic E-state index is -0.513. The molecule has 0 rings (SSSR count). The smallest absolute Gasteiger partial charge is 0.242 e. The Morgan fingerprint density at radius 3 is 2.32 bits per heavy atom. The first-order valence-electron chi connectivity index (χ1n) is 6.98. The molecule has 0 spiro atoms. The Balaban J connectivity index is 4.06. The summed E-state index contributed by atoms with van der Waals surface area (Å²) >= 11 is 0. The number of hydrogen-bond donors (Lipinski definition) is 3. The fraction of sp³-hybridized carbons (Fsp3) is 0.857. The highest BCUT2D eigenvalue weighted by Crippen LogP contribution is 2.20. The van der Waals surface area contributed by atoms with Gasteiger partial charge in [0.15, 0.2) is 0 Å². The molecule has 2 unspecified atom stereocenters. The second kappa shape index (κ2) is 8.15. The number of carbonyl (C=O) groups excluding carboxylic acids is 2. The molecule has 0 aromatic carbocycles. The van der Waals surface area contributed by atoms with Gasteiger partial charge in [-0.2, -0.15) is 0 Å². The number of hydrogen-bond acceptors (Lipinski definition) is 3. The van der Waals surface area contributed by atoms with Crippen molar-refractivity contribution in [2.75, 3.05) is 6.54 Å². The van der Waals surface area contributed by atoms with Crippen molar-refractivity contribution in [3.05, 3.63) is 0 Å². The second-order valence-electron chi connectivity index (χ2n) is 6.31. The van der Waals surface area contributed by atoms with Gasteiger partial charge in [-0.3, -0.25) is 9.59 Å². The Hall–Kier alpha value is -1.10. The zero-order valence-corrected chi connectivity index (χ0v) is 12.9. The van der Waals surface area contributed by atoms with Gasteiger partial charge in [-0.25, -0.2) is 0 Å². The van der Waals surface area contributed by atoms with E-state index in [-0.39, 0.29) is 29.7 Å². The summed E-state index contributed by atoms with van der Waals surface area (Å²) in [5.74, 6) is -0.324. The van der Waals surface area contributed by atoms with Gasteiger partial charge in [0, 0.05) is 19.0 Å². The molecule has 0 aromatic heterocycles. The van der Waals surface area contributed by atoms with Gasteiger partial charge in [-0.15, -0.1) is 0 Å². The van der Waals surface area contributed by atoms with Crippen LogP contribution in [0.4, 0.5) is 0 Å². The van der Waals surface area contributed by atoms with Crippen LogP contribution in [0, 0.1) is 5.41 Å². The molecule has 0 aliphatic heterocycles. The van der Waals surface area contributed by atoms with E-state index < -0.39 is 6.04 Å². The van der Waals surface area contributed by atoms with E-state index in [4.69, 9.17) is 5.73 Å². The lowest BCUT2D eigenvalue weighted by Gasteiger charge is -2.23. The standard InChI is InChI=1S/C14H29N3O2/c1-6-7-16-13(19)10(2)17-12(18)8-11(15)9-14(3,4)5/h10-11H,6-9,15H2,1-5H3,(H,16,19)(H,17,18). The molecule has 2 atom stereocenters. The Labute approximate surface area is 116 Å². The summed E-state index contributed by atoms with van der Waals surface area (Å²) in [6.07, 6.45) is 1.91. The Morgan fingerprint density at radius 1 is 1.26 bits per heavy atom. The number of amides is 2. The Bertz CT molecular complexity index is 298. The van der Waals surface area contributed by atoms with E-state index in [0.29, 0.717) is 6.54 Å². The third-order valence-electron chi connectivity index (χ3n) is 2.64. The molecule has 0 heterocycles. The van der Waals surface area contributed by atoms with Gasteiger partial charge < -0.3 is 16.4 Å². The first kappa shape index (κ1) is 17.9. The molecule has 0 saturated carbocycles. The molecule has 5 nitrogen and oxygen atoms in total. The predicted octanol–water partition coefficient (Wildman–Crippen LogP) is 1.17. The van der Waals surface area contributed by atoms with E-state index >= 15 is 0 Å². The molecule has 0 aliphatic rings. The van der Waals surface area contributed by atoms with Crippen LogP contribution in [-0.4, -0.2) is 30.4 Å². The molecule has 0 aliphatic carbocycles. The Morgan fingerprint density at radius 2 is 1.84 bits per heavy atom. The lowest BCUT2D eigenvalue weighted by atomic mass is 9.87. The van der Waals surface area contributed by atoms with Crippen LogP contribution in [0.15, 0.2) is 0 Å². The molecule has 19 heavy (non-hydrogen) atoms. The molecular weight excluding hydrogens is 242 g/mol. The van der Waals surface area contributed by atoms with E-state index in [1.165, 1.54) is 0 Å². The van der Waals surface area contributed by atoms with Crippen LogP contribution < -0.4 is 16.4 Å². The average molecular weight is 271 g/mol. The predicted molar refractivity (Wildman–Crippen MR) is 77.6 cm³/mol. The topological polar surface area (TPSA) is 84.2 Å². The van der Waals surface area contributed by atoms with Gasteiger partial charge in [-0.1, -0.05) is 27.7 Å². The summed E-state index contributed by atoms with van der Waals surface area (Å²) in [7, 11) is 0. The number of nitrogens with one attached hydrogen (secondary N) is 2. The monoisotopic (exact) mass is 271 g/mol. The van der Waals surface area contributed by atoms with Crippen LogP contribution in [0.5, 0.6) is 0 Å². The number of rotatable bonds is 7. The fourth-order valence-corrected chi connectivity index (χ4v) is 1.86. The lowest BCUT2D eigenvalue weighted by molar-refractivity contribution is -0.128. The lowest BCUT2D eigenvalue weighted by Crippen LogP contribution is -2.46. The number of nitrogens with two attached hydrogens (primary N) is 1. The molecule has 0 fully saturated rings. The van der Waals surface area contributed by atoms with Gasteiger partial charge in [0.2, 0.25) is 11.8 Å². The molecule has 0 saturated heterocycles. The highest BCUT2D eigenvalue weighted by molar-refractivity contribution is 5.87. The van der Waals surface area contributed by atoms with Crippen LogP contribution in [-0.2, 0) is 9.59 Å². The van der Waals surface area contributed by atoms with E-state index in [9.17, 15) is 9.59 Å². The highest BCUT2D eigenvalue weighted by atomic mass is 16.2. The first-order valence-corrected chi connectivity index (χ1v) is 6.98. The summed E-state index contributed by atoms with van der Waals surface area (Å²) in [5.41, 5.74) is 6.03. The molecule has 112 valence electrons. The van der Waals surface area contributed by atoms with Crippen LogP contribution >= 0.6 is 0 Å². The van der Waals surface area contributed by atoms with Crippen LogP contribution in [0.3, 0.4) is 0 Å². The zero-order chi connectivity index (χ0) is 15.1. The van der Waals surface area contributed by atoms with Gasteiger partial charge in [0.25, 0.3) is 0 Å². The van der Waals surface area contributed by atoms with Crippen molar-refractivity contribution in [1.29, 1.82) is 0 Å². The second-order valence-corrected chi connectivity index (χ2v) is 6.31. The van der Waals surface area contributed by atoms with Crippen molar-refractivity contribution >= 4 is 11.8 Å². The van der Waals surface area contributed by atoms with E-state index in [1.54, 1.807) is 6.92 Å². The molecule has 2 amide bonds. The van der Waals surface area contributed by atoms with Crippen LogP contribution in [0.2, 0.25) is 0 Å². The van der Waals surface area contributed by atoms with Crippen molar-refractivity contribution < 1.29 is 9.59 Å². The van der Waals surface area contributed by atoms with E-state index in [0.717, 1.165) is 12.8 Å². The van der Waals surface area contributed by atoms with Crippen molar-refractivity contribution in [3.63, 3.8) is 0 Å².